The summed E-state index contributed by atoms with van der Waals surface area (Å²) in [4.78, 5) is 15.9. The van der Waals surface area contributed by atoms with Gasteiger partial charge in [0.2, 0.25) is 12.3 Å². The van der Waals surface area contributed by atoms with Crippen molar-refractivity contribution in [1.29, 1.82) is 0 Å². The highest BCUT2D eigenvalue weighted by Gasteiger charge is 2.37. The fraction of sp³-hybridized carbons (Fsp3) is 0.222. The summed E-state index contributed by atoms with van der Waals surface area (Å²) < 4.78 is 74.5. The van der Waals surface area contributed by atoms with Crippen LogP contribution in [0.4, 0.5) is 22.0 Å². The van der Waals surface area contributed by atoms with Crippen molar-refractivity contribution in [1.82, 2.24) is 19.7 Å². The molecule has 0 atom stereocenters. The number of carbonyl (C=O) groups excluding carboxylic acids is 1. The molecule has 29 heavy (non-hydrogen) atoms. The Morgan fingerprint density at radius 2 is 1.86 bits per heavy atom. The largest absolute Gasteiger partial charge is 0.433 e. The van der Waals surface area contributed by atoms with Crippen LogP contribution >= 0.6 is 0 Å². The molecule has 0 unspecified atom stereocenters. The lowest BCUT2D eigenvalue weighted by Gasteiger charge is -2.17. The van der Waals surface area contributed by atoms with Gasteiger partial charge in [0.15, 0.2) is 0 Å². The van der Waals surface area contributed by atoms with Crippen LogP contribution in [0.15, 0.2) is 35.1 Å². The molecule has 0 spiro atoms. The normalized spacial score (nSPS) is 12.8. The Morgan fingerprint density at radius 1 is 1.14 bits per heavy atom. The molecule has 6 nitrogen and oxygen atoms in total. The molecule has 1 aromatic carbocycles. The van der Waals surface area contributed by atoms with E-state index in [1.807, 2.05) is 0 Å². The number of carbonyl (C=O) groups is 1. The van der Waals surface area contributed by atoms with Gasteiger partial charge in [-0.05, 0) is 12.1 Å². The summed E-state index contributed by atoms with van der Waals surface area (Å²) in [6.45, 7) is 1.67. The number of aromatic nitrogens is 4. The number of rotatable bonds is 2. The summed E-state index contributed by atoms with van der Waals surface area (Å²) in [6, 6.07) is 4.43. The van der Waals surface area contributed by atoms with Crippen molar-refractivity contribution in [3.63, 3.8) is 0 Å². The zero-order chi connectivity index (χ0) is 21.1. The van der Waals surface area contributed by atoms with Gasteiger partial charge in [-0.25, -0.2) is 13.8 Å². The first-order valence-corrected chi connectivity index (χ1v) is 8.20. The Balaban J connectivity index is 2.22. The van der Waals surface area contributed by atoms with Crippen molar-refractivity contribution in [2.24, 2.45) is 0 Å². The number of alkyl halides is 5. The second kappa shape index (κ2) is 6.06. The Kier molecular flexibility index (Phi) is 3.97. The predicted molar refractivity (Wildman–Crippen MR) is 91.4 cm³/mol. The molecule has 11 heteroatoms. The maximum Gasteiger partial charge on any atom is 0.433 e. The van der Waals surface area contributed by atoms with Gasteiger partial charge in [-0.2, -0.15) is 13.2 Å². The Bertz CT molecular complexity index is 1250. The van der Waals surface area contributed by atoms with E-state index in [0.29, 0.717) is 18.4 Å². The number of hydrogen-bond donors (Lipinski definition) is 0. The first-order valence-electron chi connectivity index (χ1n) is 8.20. The van der Waals surface area contributed by atoms with Crippen molar-refractivity contribution in [3.05, 3.63) is 41.9 Å². The zero-order valence-corrected chi connectivity index (χ0v) is 14.9. The lowest BCUT2D eigenvalue weighted by Crippen LogP contribution is -2.15. The van der Waals surface area contributed by atoms with E-state index in [-0.39, 0.29) is 28.0 Å². The molecule has 0 saturated heterocycles. The topological polar surface area (TPSA) is 73.8 Å². The van der Waals surface area contributed by atoms with E-state index in [4.69, 9.17) is 4.42 Å². The highest BCUT2D eigenvalue weighted by molar-refractivity contribution is 6.10. The molecular formula is C18H11F5N4O2. The van der Waals surface area contributed by atoms with Gasteiger partial charge >= 0.3 is 6.18 Å². The molecule has 0 fully saturated rings. The van der Waals surface area contributed by atoms with Crippen molar-refractivity contribution in [2.45, 2.75) is 25.9 Å². The highest BCUT2D eigenvalue weighted by Crippen LogP contribution is 2.40. The number of hydrogen-bond acceptors (Lipinski definition) is 5. The molecule has 0 aliphatic rings. The van der Waals surface area contributed by atoms with Crippen LogP contribution in [0.3, 0.4) is 0 Å². The molecule has 0 aliphatic heterocycles. The Morgan fingerprint density at radius 3 is 2.41 bits per heavy atom. The van der Waals surface area contributed by atoms with Gasteiger partial charge < -0.3 is 4.42 Å². The minimum Gasteiger partial charge on any atom is -0.422 e. The number of pyridine rings is 1. The Hall–Kier alpha value is -3.37. The summed E-state index contributed by atoms with van der Waals surface area (Å²) in [5.74, 6) is -4.22. The highest BCUT2D eigenvalue weighted by atomic mass is 19.4. The van der Waals surface area contributed by atoms with Crippen LogP contribution in [0, 0.1) is 0 Å². The fourth-order valence-corrected chi connectivity index (χ4v) is 3.25. The quantitative estimate of drug-likeness (QED) is 0.434. The van der Waals surface area contributed by atoms with Crippen molar-refractivity contribution in [2.75, 3.05) is 0 Å². The monoisotopic (exact) mass is 410 g/mol. The van der Waals surface area contributed by atoms with Gasteiger partial charge in [0.25, 0.3) is 11.8 Å². The fourth-order valence-electron chi connectivity index (χ4n) is 3.25. The Labute approximate surface area is 159 Å². The average molecular weight is 410 g/mol. The van der Waals surface area contributed by atoms with E-state index in [1.165, 1.54) is 25.1 Å². The SMILES string of the molecule is CC(=O)n1c(-c2nnco2)cc2ccc3c(C(C)(F)F)cc(C(F)(F)F)nc3c21. The molecule has 0 bridgehead atoms. The molecule has 0 saturated carbocycles. The van der Waals surface area contributed by atoms with Crippen LogP contribution in [0.1, 0.15) is 29.9 Å². The second-order valence-electron chi connectivity index (χ2n) is 6.47. The van der Waals surface area contributed by atoms with E-state index in [2.05, 4.69) is 15.2 Å². The van der Waals surface area contributed by atoms with Crippen LogP contribution < -0.4 is 0 Å². The van der Waals surface area contributed by atoms with E-state index >= 15 is 0 Å². The zero-order valence-electron chi connectivity index (χ0n) is 14.9. The molecule has 0 aliphatic carbocycles. The maximum absolute atomic E-state index is 14.1. The molecule has 0 amide bonds. The molecule has 4 rings (SSSR count). The van der Waals surface area contributed by atoms with Crippen molar-refractivity contribution >= 4 is 27.7 Å². The van der Waals surface area contributed by atoms with Gasteiger partial charge in [-0.15, -0.1) is 10.2 Å². The van der Waals surface area contributed by atoms with Gasteiger partial charge in [-0.3, -0.25) is 9.36 Å². The van der Waals surface area contributed by atoms with Crippen molar-refractivity contribution < 1.29 is 31.2 Å². The van der Waals surface area contributed by atoms with E-state index in [9.17, 15) is 26.7 Å². The molecule has 150 valence electrons. The van der Waals surface area contributed by atoms with Gasteiger partial charge in [-0.1, -0.05) is 12.1 Å². The first-order chi connectivity index (χ1) is 13.5. The lowest BCUT2D eigenvalue weighted by atomic mass is 10.0. The summed E-state index contributed by atoms with van der Waals surface area (Å²) in [5, 5.41) is 7.33. The number of fused-ring (bicyclic) bond motifs is 3. The van der Waals surface area contributed by atoms with E-state index in [1.54, 1.807) is 0 Å². The van der Waals surface area contributed by atoms with Crippen LogP contribution in [0.5, 0.6) is 0 Å². The van der Waals surface area contributed by atoms with Gasteiger partial charge in [0.05, 0.1) is 11.0 Å². The minimum absolute atomic E-state index is 0.0557. The van der Waals surface area contributed by atoms with Crippen LogP contribution in [0.2, 0.25) is 0 Å². The standard InChI is InChI=1S/C18H11F5N4O2/c1-8(28)27-12(16-26-24-7-29-16)5-9-3-4-10-11(17(2,19)20)6-13(18(21,22)23)25-14(10)15(9)27/h3-7H,1-2H3. The maximum atomic E-state index is 14.1. The summed E-state index contributed by atoms with van der Waals surface area (Å²) in [7, 11) is 0. The summed E-state index contributed by atoms with van der Waals surface area (Å²) in [6.07, 6.45) is -3.94. The number of nitrogens with zero attached hydrogens (tertiary/aromatic N) is 4. The molecule has 3 heterocycles. The number of benzene rings is 1. The van der Waals surface area contributed by atoms with Gasteiger partial charge in [0.1, 0.15) is 11.4 Å². The predicted octanol–water partition coefficient (Wildman–Crippen LogP) is 5.03. The third-order valence-corrected chi connectivity index (χ3v) is 4.40. The van der Waals surface area contributed by atoms with E-state index in [0.717, 1.165) is 11.0 Å². The van der Waals surface area contributed by atoms with Crippen molar-refractivity contribution in [3.8, 4) is 11.6 Å². The van der Waals surface area contributed by atoms with E-state index < -0.39 is 29.3 Å². The van der Waals surface area contributed by atoms with Gasteiger partial charge in [0, 0.05) is 30.2 Å². The van der Waals surface area contributed by atoms with Crippen LogP contribution in [0.25, 0.3) is 33.4 Å². The number of halogens is 5. The second-order valence-corrected chi connectivity index (χ2v) is 6.47. The summed E-state index contributed by atoms with van der Waals surface area (Å²) >= 11 is 0. The molecular weight excluding hydrogens is 399 g/mol. The lowest BCUT2D eigenvalue weighted by molar-refractivity contribution is -0.141. The third-order valence-electron chi connectivity index (χ3n) is 4.40. The molecule has 0 N–H and O–H groups in total. The third kappa shape index (κ3) is 3.02. The minimum atomic E-state index is -4.96. The molecule has 4 aromatic rings. The molecule has 3 aromatic heterocycles. The first kappa shape index (κ1) is 19.0. The summed E-state index contributed by atoms with van der Waals surface area (Å²) in [5.41, 5.74) is -2.65. The molecule has 0 radical (unpaired) electrons. The smallest absolute Gasteiger partial charge is 0.422 e. The van der Waals surface area contributed by atoms with Crippen LogP contribution in [-0.4, -0.2) is 25.7 Å². The average Bonchev–Trinajstić information content (AvgIpc) is 3.26. The van der Waals surface area contributed by atoms with Crippen LogP contribution in [-0.2, 0) is 12.1 Å².